The molecular weight excluding hydrogens is 414 g/mol. The number of thiazole rings is 1. The first-order chi connectivity index (χ1) is 14.9. The van der Waals surface area contributed by atoms with Crippen LogP contribution in [0.4, 0.5) is 9.93 Å². The number of hydrogen-bond donors (Lipinski definition) is 2. The molecule has 0 spiro atoms. The van der Waals surface area contributed by atoms with Gasteiger partial charge in [0.25, 0.3) is 5.91 Å². The third-order valence-corrected chi connectivity index (χ3v) is 5.43. The van der Waals surface area contributed by atoms with Gasteiger partial charge in [-0.3, -0.25) is 10.1 Å². The zero-order valence-corrected chi connectivity index (χ0v) is 18.1. The van der Waals surface area contributed by atoms with Crippen molar-refractivity contribution in [1.29, 1.82) is 0 Å². The zero-order chi connectivity index (χ0) is 22.0. The maximum absolute atomic E-state index is 12.2. The van der Waals surface area contributed by atoms with Gasteiger partial charge in [-0.1, -0.05) is 29.5 Å². The maximum Gasteiger partial charge on any atom is 0.413 e. The molecule has 0 aliphatic heterocycles. The number of hydrogen-bond acceptors (Lipinski definition) is 6. The number of carbonyl (C=O) groups excluding carboxylic acids is 2. The largest absolute Gasteiger partial charge is 0.447 e. The Morgan fingerprint density at radius 3 is 2.71 bits per heavy atom. The average Bonchev–Trinajstić information content (AvgIpc) is 3.38. The summed E-state index contributed by atoms with van der Waals surface area (Å²) in [6, 6.07) is 11.2. The number of aromatic nitrogens is 3. The van der Waals surface area contributed by atoms with E-state index in [1.165, 1.54) is 11.3 Å². The molecular formula is C22H21N5O3S. The van der Waals surface area contributed by atoms with Gasteiger partial charge in [0.05, 0.1) is 16.7 Å². The van der Waals surface area contributed by atoms with E-state index in [1.54, 1.807) is 33.2 Å². The summed E-state index contributed by atoms with van der Waals surface area (Å²) < 4.78 is 6.99. The normalized spacial score (nSPS) is 11.0. The molecule has 0 saturated carbocycles. The van der Waals surface area contributed by atoms with E-state index in [-0.39, 0.29) is 12.0 Å². The minimum atomic E-state index is -0.527. The minimum absolute atomic E-state index is 0.158. The number of carbonyl (C=O) groups is 2. The third-order valence-electron chi connectivity index (χ3n) is 4.47. The van der Waals surface area contributed by atoms with E-state index in [9.17, 15) is 9.59 Å². The SMILES string of the molecule is CNC(=O)c1ccccc1-c1cn2cc(-c3cnc(NC(=O)OC(C)C)s3)ccc2n1. The van der Waals surface area contributed by atoms with Crippen LogP contribution in [-0.2, 0) is 4.74 Å². The van der Waals surface area contributed by atoms with Gasteiger partial charge < -0.3 is 14.5 Å². The lowest BCUT2D eigenvalue weighted by Crippen LogP contribution is -2.18. The monoisotopic (exact) mass is 435 g/mol. The molecule has 0 fully saturated rings. The van der Waals surface area contributed by atoms with E-state index >= 15 is 0 Å². The molecule has 4 rings (SSSR count). The Morgan fingerprint density at radius 1 is 1.13 bits per heavy atom. The van der Waals surface area contributed by atoms with E-state index in [1.807, 2.05) is 47.1 Å². The molecule has 0 bridgehead atoms. The van der Waals surface area contributed by atoms with Gasteiger partial charge in [-0.25, -0.2) is 14.8 Å². The summed E-state index contributed by atoms with van der Waals surface area (Å²) in [5.41, 5.74) is 3.73. The molecule has 0 radical (unpaired) electrons. The van der Waals surface area contributed by atoms with Crippen molar-refractivity contribution in [3.63, 3.8) is 0 Å². The van der Waals surface area contributed by atoms with Gasteiger partial charge in [-0.05, 0) is 32.0 Å². The van der Waals surface area contributed by atoms with Crippen LogP contribution in [0.15, 0.2) is 55.0 Å². The van der Waals surface area contributed by atoms with E-state index < -0.39 is 6.09 Å². The quantitative estimate of drug-likeness (QED) is 0.483. The van der Waals surface area contributed by atoms with Crippen molar-refractivity contribution in [1.82, 2.24) is 19.7 Å². The highest BCUT2D eigenvalue weighted by Gasteiger charge is 2.15. The van der Waals surface area contributed by atoms with Crippen LogP contribution in [-0.4, -0.2) is 39.5 Å². The third kappa shape index (κ3) is 4.41. The Labute approximate surface area is 182 Å². The Hall–Kier alpha value is -3.72. The lowest BCUT2D eigenvalue weighted by atomic mass is 10.0. The zero-order valence-electron chi connectivity index (χ0n) is 17.2. The summed E-state index contributed by atoms with van der Waals surface area (Å²) in [7, 11) is 1.61. The second-order valence-electron chi connectivity index (χ2n) is 7.04. The molecule has 0 atom stereocenters. The summed E-state index contributed by atoms with van der Waals surface area (Å²) >= 11 is 1.35. The van der Waals surface area contributed by atoms with E-state index in [4.69, 9.17) is 4.74 Å². The molecule has 8 nitrogen and oxygen atoms in total. The van der Waals surface area contributed by atoms with E-state index in [2.05, 4.69) is 20.6 Å². The number of pyridine rings is 1. The number of ether oxygens (including phenoxy) is 1. The summed E-state index contributed by atoms with van der Waals surface area (Å²) in [5.74, 6) is -0.158. The predicted molar refractivity (Wildman–Crippen MR) is 120 cm³/mol. The fraction of sp³-hybridized carbons (Fsp3) is 0.182. The average molecular weight is 436 g/mol. The van der Waals surface area contributed by atoms with Gasteiger partial charge in [-0.15, -0.1) is 0 Å². The van der Waals surface area contributed by atoms with Crippen LogP contribution in [0.1, 0.15) is 24.2 Å². The highest BCUT2D eigenvalue weighted by molar-refractivity contribution is 7.19. The molecule has 2 amide bonds. The van der Waals surface area contributed by atoms with Gasteiger partial charge in [0.2, 0.25) is 0 Å². The molecule has 158 valence electrons. The van der Waals surface area contributed by atoms with Crippen LogP contribution in [0.2, 0.25) is 0 Å². The van der Waals surface area contributed by atoms with Gasteiger partial charge in [-0.2, -0.15) is 0 Å². The first kappa shape index (κ1) is 20.5. The number of nitrogens with one attached hydrogen (secondary N) is 2. The molecule has 4 aromatic rings. The van der Waals surface area contributed by atoms with Crippen LogP contribution in [0.5, 0.6) is 0 Å². The molecule has 31 heavy (non-hydrogen) atoms. The Bertz CT molecular complexity index is 1260. The van der Waals surface area contributed by atoms with Crippen molar-refractivity contribution in [3.8, 4) is 21.7 Å². The number of fused-ring (bicyclic) bond motifs is 1. The van der Waals surface area contributed by atoms with Crippen LogP contribution >= 0.6 is 11.3 Å². The molecule has 0 aliphatic carbocycles. The number of anilines is 1. The van der Waals surface area contributed by atoms with Crippen molar-refractivity contribution >= 4 is 34.1 Å². The number of amides is 2. The molecule has 9 heteroatoms. The van der Waals surface area contributed by atoms with Crippen molar-refractivity contribution in [2.75, 3.05) is 12.4 Å². The number of benzene rings is 1. The Morgan fingerprint density at radius 2 is 1.94 bits per heavy atom. The number of imidazole rings is 1. The molecule has 3 heterocycles. The van der Waals surface area contributed by atoms with Gasteiger partial charge in [0.15, 0.2) is 5.13 Å². The van der Waals surface area contributed by atoms with E-state index in [0.717, 1.165) is 21.7 Å². The fourth-order valence-electron chi connectivity index (χ4n) is 3.10. The summed E-state index contributed by atoms with van der Waals surface area (Å²) in [5, 5.41) is 5.77. The van der Waals surface area contributed by atoms with Crippen LogP contribution in [0.3, 0.4) is 0 Å². The molecule has 1 aromatic carbocycles. The molecule has 0 saturated heterocycles. The van der Waals surface area contributed by atoms with Crippen LogP contribution in [0.25, 0.3) is 27.3 Å². The molecule has 3 aromatic heterocycles. The van der Waals surface area contributed by atoms with Crippen molar-refractivity contribution in [3.05, 3.63) is 60.6 Å². The van der Waals surface area contributed by atoms with Crippen LogP contribution in [0, 0.1) is 0 Å². The number of nitrogens with zero attached hydrogens (tertiary/aromatic N) is 3. The highest BCUT2D eigenvalue weighted by Crippen LogP contribution is 2.30. The Balaban J connectivity index is 1.62. The van der Waals surface area contributed by atoms with Gasteiger partial charge in [0.1, 0.15) is 5.65 Å². The Kier molecular flexibility index (Phi) is 5.68. The lowest BCUT2D eigenvalue weighted by molar-refractivity contribution is 0.0963. The highest BCUT2D eigenvalue weighted by atomic mass is 32.1. The molecule has 0 unspecified atom stereocenters. The lowest BCUT2D eigenvalue weighted by Gasteiger charge is -2.06. The summed E-state index contributed by atoms with van der Waals surface area (Å²) in [6.07, 6.45) is 4.81. The second kappa shape index (κ2) is 8.57. The van der Waals surface area contributed by atoms with Gasteiger partial charge >= 0.3 is 6.09 Å². The first-order valence-corrected chi connectivity index (χ1v) is 10.5. The maximum atomic E-state index is 12.2. The van der Waals surface area contributed by atoms with Crippen molar-refractivity contribution in [2.24, 2.45) is 0 Å². The second-order valence-corrected chi connectivity index (χ2v) is 8.07. The number of rotatable bonds is 5. The topological polar surface area (TPSA) is 97.6 Å². The fourth-order valence-corrected chi connectivity index (χ4v) is 3.89. The van der Waals surface area contributed by atoms with E-state index in [0.29, 0.717) is 16.4 Å². The summed E-state index contributed by atoms with van der Waals surface area (Å²) in [4.78, 5) is 33.8. The standard InChI is InChI=1S/C22H21N5O3S/c1-13(2)30-22(29)26-21-24-10-18(31-21)14-8-9-19-25-17(12-27(19)11-14)15-6-4-5-7-16(15)20(28)23-3/h4-13H,1-3H3,(H,23,28)(H,24,26,29). The van der Waals surface area contributed by atoms with Crippen LogP contribution < -0.4 is 10.6 Å². The van der Waals surface area contributed by atoms with Crippen molar-refractivity contribution in [2.45, 2.75) is 20.0 Å². The van der Waals surface area contributed by atoms with Gasteiger partial charge in [0, 0.05) is 42.3 Å². The smallest absolute Gasteiger partial charge is 0.413 e. The molecule has 2 N–H and O–H groups in total. The summed E-state index contributed by atoms with van der Waals surface area (Å²) in [6.45, 7) is 3.57. The minimum Gasteiger partial charge on any atom is -0.447 e. The van der Waals surface area contributed by atoms with Crippen molar-refractivity contribution < 1.29 is 14.3 Å². The predicted octanol–water partition coefficient (Wildman–Crippen LogP) is 4.44. The molecule has 0 aliphatic rings. The first-order valence-electron chi connectivity index (χ1n) is 9.68.